The minimum Gasteiger partial charge on any atom is -0.857 e. The number of hydrogen-bond donors (Lipinski definition) is 0. The molecule has 0 spiro atoms. The molecule has 2 aliphatic rings. The van der Waals surface area contributed by atoms with E-state index in [4.69, 9.17) is 0 Å². The van der Waals surface area contributed by atoms with Gasteiger partial charge in [0.1, 0.15) is 0 Å². The van der Waals surface area contributed by atoms with Crippen LogP contribution in [0.2, 0.25) is 0 Å². The summed E-state index contributed by atoms with van der Waals surface area (Å²) in [7, 11) is 3.01. The van der Waals surface area contributed by atoms with Gasteiger partial charge >= 0.3 is 11.6 Å². The van der Waals surface area contributed by atoms with Crippen molar-refractivity contribution in [2.45, 2.75) is 6.54 Å². The number of fused-ring (bicyclic) bond motifs is 1. The molecular formula is C18H17N6O2+. The molecule has 0 saturated carbocycles. The number of nitrogens with zero attached hydrogens (tertiary/aromatic N) is 6. The summed E-state index contributed by atoms with van der Waals surface area (Å²) in [5.74, 6) is 0.196. The van der Waals surface area contributed by atoms with Crippen molar-refractivity contribution in [3.8, 4) is 23.3 Å². The third kappa shape index (κ3) is 2.61. The van der Waals surface area contributed by atoms with E-state index in [1.54, 1.807) is 11.6 Å². The van der Waals surface area contributed by atoms with Crippen LogP contribution in [0.5, 0.6) is 5.88 Å². The van der Waals surface area contributed by atoms with Gasteiger partial charge in [-0.05, 0) is 17.1 Å². The molecule has 8 heteroatoms. The third-order valence-electron chi connectivity index (χ3n) is 4.30. The summed E-state index contributed by atoms with van der Waals surface area (Å²) < 4.78 is 6.16. The highest BCUT2D eigenvalue weighted by molar-refractivity contribution is 5.58. The summed E-state index contributed by atoms with van der Waals surface area (Å²) in [5.41, 5.74) is 0.882. The summed E-state index contributed by atoms with van der Waals surface area (Å²) in [4.78, 5) is 20.7. The smallest absolute Gasteiger partial charge is 0.440 e. The summed E-state index contributed by atoms with van der Waals surface area (Å²) >= 11 is 0. The topological polar surface area (TPSA) is 83.5 Å². The van der Waals surface area contributed by atoms with Gasteiger partial charge in [-0.25, -0.2) is 13.9 Å². The second-order valence-electron chi connectivity index (χ2n) is 6.06. The molecule has 0 amide bonds. The van der Waals surface area contributed by atoms with Gasteiger partial charge < -0.3 is 9.67 Å². The zero-order chi connectivity index (χ0) is 18.3. The fourth-order valence-electron chi connectivity index (χ4n) is 2.82. The van der Waals surface area contributed by atoms with Crippen molar-refractivity contribution >= 4 is 0 Å². The normalized spacial score (nSPS) is 11.2. The van der Waals surface area contributed by atoms with Gasteiger partial charge in [0.25, 0.3) is 5.82 Å². The van der Waals surface area contributed by atoms with Crippen molar-refractivity contribution in [2.24, 2.45) is 14.1 Å². The Labute approximate surface area is 149 Å². The van der Waals surface area contributed by atoms with E-state index in [0.29, 0.717) is 5.95 Å². The number of aromatic nitrogens is 6. The Balaban J connectivity index is 1.70. The first kappa shape index (κ1) is 15.9. The fourth-order valence-corrected chi connectivity index (χ4v) is 2.82. The second-order valence-corrected chi connectivity index (χ2v) is 6.06. The molecule has 4 heterocycles. The van der Waals surface area contributed by atoms with Crippen LogP contribution in [-0.2, 0) is 20.6 Å². The minimum atomic E-state index is -0.445. The minimum absolute atomic E-state index is 0.181. The Kier molecular flexibility index (Phi) is 3.72. The molecule has 0 saturated heterocycles. The van der Waals surface area contributed by atoms with Crippen LogP contribution in [0.15, 0.2) is 59.9 Å². The van der Waals surface area contributed by atoms with Crippen LogP contribution >= 0.6 is 0 Å². The van der Waals surface area contributed by atoms with E-state index in [9.17, 15) is 9.90 Å². The van der Waals surface area contributed by atoms with E-state index in [2.05, 4.69) is 14.5 Å². The van der Waals surface area contributed by atoms with Crippen LogP contribution < -0.4 is 19.9 Å². The van der Waals surface area contributed by atoms with Crippen molar-refractivity contribution in [1.82, 2.24) is 19.1 Å². The standard InChI is InChI=1S/C18H17N6O2/c1-21-15-14(16(25)22(2)18(21)26)19-17(20-15)24-10-6-13(7-11-24)12-23-8-4-3-5-9-23/h3-11H,12H2,1-2H3/q+1. The molecule has 2 aromatic heterocycles. The number of hydrogen-bond acceptors (Lipinski definition) is 4. The van der Waals surface area contributed by atoms with Crippen LogP contribution in [-0.4, -0.2) is 19.1 Å². The molecule has 0 aromatic carbocycles. The van der Waals surface area contributed by atoms with Crippen molar-refractivity contribution in [3.63, 3.8) is 0 Å². The highest BCUT2D eigenvalue weighted by Crippen LogP contribution is 2.23. The summed E-state index contributed by atoms with van der Waals surface area (Å²) in [6.45, 7) is 0.751. The second kappa shape index (κ2) is 6.07. The van der Waals surface area contributed by atoms with E-state index in [0.717, 1.165) is 16.7 Å². The van der Waals surface area contributed by atoms with Crippen molar-refractivity contribution < 1.29 is 14.2 Å². The van der Waals surface area contributed by atoms with Crippen LogP contribution in [0.25, 0.3) is 17.5 Å². The SMILES string of the molecule is Cn1c2nc(-[n+]3ccc(C[n+]4ccccc4)cc3)nc-2c([O-])n(C)c1=O. The van der Waals surface area contributed by atoms with Crippen molar-refractivity contribution in [2.75, 3.05) is 0 Å². The Morgan fingerprint density at radius 3 is 2.38 bits per heavy atom. The van der Waals surface area contributed by atoms with Gasteiger partial charge in [-0.1, -0.05) is 11.1 Å². The van der Waals surface area contributed by atoms with Crippen molar-refractivity contribution in [1.29, 1.82) is 0 Å². The molecule has 0 radical (unpaired) electrons. The summed E-state index contributed by atoms with van der Waals surface area (Å²) in [6.07, 6.45) is 7.69. The molecule has 2 aliphatic heterocycles. The Bertz CT molecular complexity index is 1100. The predicted octanol–water partition coefficient (Wildman–Crippen LogP) is -0.695. The lowest BCUT2D eigenvalue weighted by molar-refractivity contribution is -0.688. The summed E-state index contributed by atoms with van der Waals surface area (Å²) in [6, 6.07) is 9.88. The first-order chi connectivity index (χ1) is 12.5. The lowest BCUT2D eigenvalue weighted by Crippen LogP contribution is -2.35. The van der Waals surface area contributed by atoms with Gasteiger partial charge in [-0.15, -0.1) is 0 Å². The maximum atomic E-state index is 12.2. The molecule has 8 nitrogen and oxygen atoms in total. The lowest BCUT2D eigenvalue weighted by atomic mass is 10.2. The Morgan fingerprint density at radius 2 is 1.69 bits per heavy atom. The van der Waals surface area contributed by atoms with Crippen LogP contribution in [0, 0.1) is 0 Å². The van der Waals surface area contributed by atoms with Gasteiger partial charge in [0.05, 0.1) is 12.4 Å². The van der Waals surface area contributed by atoms with Gasteiger partial charge in [0, 0.05) is 37.7 Å². The van der Waals surface area contributed by atoms with Gasteiger partial charge in [0.2, 0.25) is 5.69 Å². The van der Waals surface area contributed by atoms with E-state index >= 15 is 0 Å². The number of rotatable bonds is 3. The molecule has 130 valence electrons. The average molecular weight is 349 g/mol. The molecule has 0 fully saturated rings. The predicted molar refractivity (Wildman–Crippen MR) is 89.6 cm³/mol. The van der Waals surface area contributed by atoms with Crippen molar-refractivity contribution in [3.05, 3.63) is 71.2 Å². The van der Waals surface area contributed by atoms with Gasteiger partial charge in [-0.2, -0.15) is 0 Å². The van der Waals surface area contributed by atoms with Gasteiger partial charge in [0.15, 0.2) is 18.9 Å². The zero-order valence-electron chi connectivity index (χ0n) is 14.4. The summed E-state index contributed by atoms with van der Waals surface area (Å²) in [5, 5.41) is 12.2. The molecule has 0 N–H and O–H groups in total. The highest BCUT2D eigenvalue weighted by Gasteiger charge is 2.27. The molecule has 26 heavy (non-hydrogen) atoms. The largest absolute Gasteiger partial charge is 0.857 e. The quantitative estimate of drug-likeness (QED) is 0.458. The number of imidazole rings is 1. The molecule has 0 aliphatic carbocycles. The molecule has 0 atom stereocenters. The maximum absolute atomic E-state index is 12.2. The molecular weight excluding hydrogens is 332 g/mol. The monoisotopic (exact) mass is 349 g/mol. The fraction of sp³-hybridized carbons (Fsp3) is 0.167. The van der Waals surface area contributed by atoms with E-state index in [1.165, 1.54) is 11.6 Å². The van der Waals surface area contributed by atoms with Crippen LogP contribution in [0.4, 0.5) is 0 Å². The van der Waals surface area contributed by atoms with Gasteiger partial charge in [-0.3, -0.25) is 4.57 Å². The number of pyridine rings is 2. The molecule has 0 unspecified atom stereocenters. The first-order valence-electron chi connectivity index (χ1n) is 8.10. The third-order valence-corrected chi connectivity index (χ3v) is 4.30. The molecule has 2 aromatic rings. The highest BCUT2D eigenvalue weighted by atomic mass is 16.3. The molecule has 4 rings (SSSR count). The maximum Gasteiger partial charge on any atom is 0.440 e. The molecule has 0 bridgehead atoms. The zero-order valence-corrected chi connectivity index (χ0v) is 14.4. The van der Waals surface area contributed by atoms with E-state index in [1.807, 2.05) is 55.1 Å². The van der Waals surface area contributed by atoms with E-state index < -0.39 is 11.6 Å². The van der Waals surface area contributed by atoms with Crippen LogP contribution in [0.1, 0.15) is 5.56 Å². The Hall–Kier alpha value is -3.55. The van der Waals surface area contributed by atoms with Crippen LogP contribution in [0.3, 0.4) is 0 Å². The lowest BCUT2D eigenvalue weighted by Gasteiger charge is -2.14. The first-order valence-corrected chi connectivity index (χ1v) is 8.10. The Morgan fingerprint density at radius 1 is 1.00 bits per heavy atom. The van der Waals surface area contributed by atoms with E-state index in [-0.39, 0.29) is 11.5 Å². The average Bonchev–Trinajstić information content (AvgIpc) is 3.12.